The van der Waals surface area contributed by atoms with E-state index >= 15 is 0 Å². The first-order chi connectivity index (χ1) is 19.6. The predicted molar refractivity (Wildman–Crippen MR) is 169 cm³/mol. The van der Waals surface area contributed by atoms with E-state index < -0.39 is 39.7 Å². The number of fused-ring (bicyclic) bond motifs is 1. The Balaban J connectivity index is 1.30. The maximum absolute atomic E-state index is 13.2. The molecule has 0 aliphatic heterocycles. The average molecular weight is 668 g/mol. The predicted octanol–water partition coefficient (Wildman–Crippen LogP) is 9.16. The fraction of sp³-hybridized carbons (Fsp3) is 0.233. The van der Waals surface area contributed by atoms with Gasteiger partial charge in [0.2, 0.25) is 5.91 Å². The van der Waals surface area contributed by atoms with Crippen molar-refractivity contribution in [2.45, 2.75) is 36.6 Å². The third-order valence-electron chi connectivity index (χ3n) is 6.60. The quantitative estimate of drug-likeness (QED) is 0.208. The van der Waals surface area contributed by atoms with E-state index in [2.05, 4.69) is 10.6 Å². The highest BCUT2D eigenvalue weighted by Gasteiger charge is 2.67. The van der Waals surface area contributed by atoms with Gasteiger partial charge >= 0.3 is 6.09 Å². The van der Waals surface area contributed by atoms with E-state index in [-0.39, 0.29) is 10.6 Å². The Kier molecular flexibility index (Phi) is 8.20. The van der Waals surface area contributed by atoms with Gasteiger partial charge in [-0.05, 0) is 87.0 Å². The normalized spacial score (nSPS) is 17.5. The summed E-state index contributed by atoms with van der Waals surface area (Å²) >= 11 is 31.5. The van der Waals surface area contributed by atoms with Gasteiger partial charge in [0.25, 0.3) is 5.91 Å². The first kappa shape index (κ1) is 30.5. The van der Waals surface area contributed by atoms with Crippen LogP contribution in [-0.2, 0) is 9.53 Å². The number of nitrogens with one attached hydrogen (secondary N) is 2. The number of hydrogen-bond donors (Lipinski definition) is 2. The summed E-state index contributed by atoms with van der Waals surface area (Å²) in [4.78, 5) is 38.8. The van der Waals surface area contributed by atoms with Crippen molar-refractivity contribution >= 4 is 98.2 Å². The summed E-state index contributed by atoms with van der Waals surface area (Å²) < 4.78 is 5.49. The van der Waals surface area contributed by atoms with Gasteiger partial charge in [-0.1, -0.05) is 34.8 Å². The maximum Gasteiger partial charge on any atom is 0.418 e. The molecular weight excluding hydrogens is 644 g/mol. The highest BCUT2D eigenvalue weighted by atomic mass is 35.5. The molecule has 2 N–H and O–H groups in total. The van der Waals surface area contributed by atoms with E-state index in [0.29, 0.717) is 32.5 Å². The van der Waals surface area contributed by atoms with Gasteiger partial charge in [0.1, 0.15) is 9.93 Å². The second-order valence-corrected chi connectivity index (χ2v) is 13.6. The van der Waals surface area contributed by atoms with Crippen LogP contribution in [0, 0.1) is 5.92 Å². The van der Waals surface area contributed by atoms with Crippen LogP contribution in [0.3, 0.4) is 0 Å². The number of benzene rings is 3. The fourth-order valence-electron chi connectivity index (χ4n) is 4.71. The Labute approximate surface area is 267 Å². The van der Waals surface area contributed by atoms with Crippen LogP contribution < -0.4 is 10.6 Å². The van der Waals surface area contributed by atoms with E-state index in [1.807, 2.05) is 0 Å². The molecular formula is C30H24Cl5N3O4. The van der Waals surface area contributed by atoms with Crippen LogP contribution in [0.4, 0.5) is 16.2 Å². The van der Waals surface area contributed by atoms with E-state index in [0.717, 1.165) is 5.39 Å². The molecule has 5 rings (SSSR count). The molecule has 3 aromatic carbocycles. The summed E-state index contributed by atoms with van der Waals surface area (Å²) in [6, 6.07) is 16.3. The van der Waals surface area contributed by atoms with Gasteiger partial charge in [-0.25, -0.2) is 4.79 Å². The van der Waals surface area contributed by atoms with E-state index in [9.17, 15) is 14.4 Å². The molecule has 1 saturated carbocycles. The third-order valence-corrected chi connectivity index (χ3v) is 8.30. The lowest BCUT2D eigenvalue weighted by Crippen LogP contribution is -2.26. The molecule has 1 fully saturated rings. The van der Waals surface area contributed by atoms with Crippen LogP contribution in [0.15, 0.2) is 66.9 Å². The number of hydrogen-bond acceptors (Lipinski definition) is 4. The summed E-state index contributed by atoms with van der Waals surface area (Å²) in [5.41, 5.74) is 1.58. The SMILES string of the molecule is CC(C)(C)OC(=O)n1ccc2cc(NC(=O)c3cc(NC(=O)[C@H]4[C@H](c5cc(Cl)cc(Cl)c5)C4(Cl)Cl)ccc3Cl)ccc21. The molecule has 4 aromatic rings. The average Bonchev–Trinajstić information content (AvgIpc) is 3.22. The van der Waals surface area contributed by atoms with Crippen molar-refractivity contribution in [2.24, 2.45) is 5.92 Å². The second kappa shape index (κ2) is 11.3. The highest BCUT2D eigenvalue weighted by molar-refractivity contribution is 6.53. The molecule has 1 aliphatic carbocycles. The van der Waals surface area contributed by atoms with E-state index in [1.54, 1.807) is 75.5 Å². The lowest BCUT2D eigenvalue weighted by molar-refractivity contribution is -0.117. The number of alkyl halides is 2. The monoisotopic (exact) mass is 665 g/mol. The number of carbonyl (C=O) groups is 3. The number of halogens is 5. The zero-order chi connectivity index (χ0) is 30.6. The van der Waals surface area contributed by atoms with Crippen molar-refractivity contribution in [3.05, 3.63) is 93.1 Å². The lowest BCUT2D eigenvalue weighted by Gasteiger charge is -2.19. The van der Waals surface area contributed by atoms with Gasteiger partial charge in [0.15, 0.2) is 0 Å². The fourth-order valence-corrected chi connectivity index (χ4v) is 6.28. The number of amides is 2. The molecule has 0 radical (unpaired) electrons. The van der Waals surface area contributed by atoms with Crippen LogP contribution in [0.25, 0.3) is 10.9 Å². The van der Waals surface area contributed by atoms with Crippen LogP contribution in [0.1, 0.15) is 42.6 Å². The van der Waals surface area contributed by atoms with Crippen molar-refractivity contribution in [1.29, 1.82) is 0 Å². The molecule has 1 aliphatic rings. The molecule has 218 valence electrons. The molecule has 2 amide bonds. The van der Waals surface area contributed by atoms with Crippen molar-refractivity contribution in [3.63, 3.8) is 0 Å². The summed E-state index contributed by atoms with van der Waals surface area (Å²) in [5.74, 6) is -2.23. The molecule has 0 unspecified atom stereocenters. The van der Waals surface area contributed by atoms with Gasteiger partial charge < -0.3 is 15.4 Å². The molecule has 0 saturated heterocycles. The van der Waals surface area contributed by atoms with Crippen LogP contribution in [0.5, 0.6) is 0 Å². The molecule has 1 heterocycles. The zero-order valence-corrected chi connectivity index (χ0v) is 26.3. The topological polar surface area (TPSA) is 89.4 Å². The summed E-state index contributed by atoms with van der Waals surface area (Å²) in [7, 11) is 0. The van der Waals surface area contributed by atoms with Crippen molar-refractivity contribution in [2.75, 3.05) is 10.6 Å². The number of anilines is 2. The van der Waals surface area contributed by atoms with E-state index in [4.69, 9.17) is 62.7 Å². The Morgan fingerprint density at radius 2 is 1.50 bits per heavy atom. The maximum atomic E-state index is 13.2. The lowest BCUT2D eigenvalue weighted by atomic mass is 10.1. The molecule has 7 nitrogen and oxygen atoms in total. The Hall–Kier alpha value is -2.94. The number of aromatic nitrogens is 1. The highest BCUT2D eigenvalue weighted by Crippen LogP contribution is 2.65. The van der Waals surface area contributed by atoms with Gasteiger partial charge in [0.05, 0.1) is 22.0 Å². The summed E-state index contributed by atoms with van der Waals surface area (Å²) in [5, 5.41) is 7.29. The van der Waals surface area contributed by atoms with E-state index in [1.165, 1.54) is 16.7 Å². The standard InChI is InChI=1S/C30H24Cl5N3O4/c1-29(2,3)42-28(41)38-9-8-15-12-19(5-7-23(15)38)36-26(39)21-14-20(4-6-22(21)33)37-27(40)25-24(30(25,34)35)16-10-17(31)13-18(32)11-16/h4-14,24-25H,1-3H3,(H,36,39)(H,37,40)/t24-,25+/m0/s1. The first-order valence-electron chi connectivity index (χ1n) is 12.7. The van der Waals surface area contributed by atoms with Gasteiger partial charge in [-0.15, -0.1) is 23.2 Å². The second-order valence-electron chi connectivity index (χ2n) is 10.9. The molecule has 2 atom stereocenters. The minimum absolute atomic E-state index is 0.137. The van der Waals surface area contributed by atoms with Gasteiger partial charge in [0, 0.05) is 38.9 Å². The van der Waals surface area contributed by atoms with Crippen LogP contribution >= 0.6 is 58.0 Å². The Bertz CT molecular complexity index is 1720. The molecule has 1 aromatic heterocycles. The zero-order valence-electron chi connectivity index (χ0n) is 22.5. The first-order valence-corrected chi connectivity index (χ1v) is 14.6. The number of carbonyl (C=O) groups excluding carboxylic acids is 3. The molecule has 12 heteroatoms. The Morgan fingerprint density at radius 1 is 0.857 bits per heavy atom. The number of ether oxygens (including phenoxy) is 1. The molecule has 0 spiro atoms. The molecule has 0 bridgehead atoms. The van der Waals surface area contributed by atoms with Gasteiger partial charge in [-0.2, -0.15) is 0 Å². The summed E-state index contributed by atoms with van der Waals surface area (Å²) in [6.45, 7) is 5.37. The molecule has 42 heavy (non-hydrogen) atoms. The largest absolute Gasteiger partial charge is 0.443 e. The summed E-state index contributed by atoms with van der Waals surface area (Å²) in [6.07, 6.45) is 1.10. The minimum atomic E-state index is -1.36. The van der Waals surface area contributed by atoms with Crippen molar-refractivity contribution in [3.8, 4) is 0 Å². The number of nitrogens with zero attached hydrogens (tertiary/aromatic N) is 1. The van der Waals surface area contributed by atoms with Crippen molar-refractivity contribution < 1.29 is 19.1 Å². The Morgan fingerprint density at radius 3 is 2.17 bits per heavy atom. The van der Waals surface area contributed by atoms with Gasteiger partial charge in [-0.3, -0.25) is 14.2 Å². The minimum Gasteiger partial charge on any atom is -0.443 e. The van der Waals surface area contributed by atoms with Crippen LogP contribution in [-0.4, -0.2) is 32.4 Å². The smallest absolute Gasteiger partial charge is 0.418 e. The van der Waals surface area contributed by atoms with Crippen molar-refractivity contribution in [1.82, 2.24) is 4.57 Å². The van der Waals surface area contributed by atoms with Crippen LogP contribution in [0.2, 0.25) is 15.1 Å². The number of rotatable bonds is 5. The third kappa shape index (κ3) is 6.36.